The first kappa shape index (κ1) is 37.7. The van der Waals surface area contributed by atoms with Crippen LogP contribution in [0, 0.1) is 0 Å². The van der Waals surface area contributed by atoms with E-state index in [-0.39, 0.29) is 0 Å². The number of hydrogen-bond acceptors (Lipinski definition) is 1. The summed E-state index contributed by atoms with van der Waals surface area (Å²) in [6.07, 6.45) is 0. The molecule has 0 radical (unpaired) electrons. The van der Waals surface area contributed by atoms with Crippen molar-refractivity contribution in [1.82, 2.24) is 0 Å². The molecule has 11 rings (SSSR count). The zero-order valence-corrected chi connectivity index (χ0v) is 34.8. The summed E-state index contributed by atoms with van der Waals surface area (Å²) in [4.78, 5) is 2.46. The molecule has 63 heavy (non-hydrogen) atoms. The third-order valence-corrected chi connectivity index (χ3v) is 12.3. The summed E-state index contributed by atoms with van der Waals surface area (Å²) in [7, 11) is 0. The standard InChI is InChI=1S/C62H43N/c1-6-21-44(22-7-1)50-31-18-32-52(43-50)63(51-41-39-46(40-42-51)54-36-19-35-53(45-23-8-2-9-24-45)59(54)47-25-10-3-11-26-47)58-38-20-37-57-61(49-29-14-5-15-30-49)60(48-27-12-4-13-28-48)55-33-16-17-34-56(55)62(57)58/h1-43H. The van der Waals surface area contributed by atoms with Gasteiger partial charge in [-0.15, -0.1) is 0 Å². The molecular weight excluding hydrogens is 759 g/mol. The summed E-state index contributed by atoms with van der Waals surface area (Å²) >= 11 is 0. The van der Waals surface area contributed by atoms with Crippen molar-refractivity contribution in [3.05, 3.63) is 261 Å². The lowest BCUT2D eigenvalue weighted by molar-refractivity contribution is 1.30. The molecule has 0 aliphatic heterocycles. The van der Waals surface area contributed by atoms with Gasteiger partial charge >= 0.3 is 0 Å². The fraction of sp³-hybridized carbons (Fsp3) is 0. The van der Waals surface area contributed by atoms with Gasteiger partial charge in [-0.1, -0.05) is 231 Å². The van der Waals surface area contributed by atoms with E-state index in [1.54, 1.807) is 0 Å². The third-order valence-electron chi connectivity index (χ3n) is 12.3. The molecule has 0 N–H and O–H groups in total. The molecule has 11 aromatic rings. The van der Waals surface area contributed by atoms with Crippen LogP contribution in [-0.2, 0) is 0 Å². The predicted molar refractivity (Wildman–Crippen MR) is 269 cm³/mol. The van der Waals surface area contributed by atoms with Crippen LogP contribution >= 0.6 is 0 Å². The average molecular weight is 802 g/mol. The van der Waals surface area contributed by atoms with E-state index in [1.165, 1.54) is 82.7 Å². The molecule has 0 aromatic heterocycles. The lowest BCUT2D eigenvalue weighted by Crippen LogP contribution is -2.11. The van der Waals surface area contributed by atoms with Crippen molar-refractivity contribution in [2.24, 2.45) is 0 Å². The maximum Gasteiger partial charge on any atom is 0.0546 e. The Bertz CT molecular complexity index is 3340. The summed E-state index contributed by atoms with van der Waals surface area (Å²) in [6.45, 7) is 0. The normalized spacial score (nSPS) is 11.2. The molecule has 0 saturated carbocycles. The SMILES string of the molecule is c1ccc(-c2cccc(N(c3ccc(-c4cccc(-c5ccccc5)c4-c4ccccc4)cc3)c3cccc4c(-c5ccccc5)c(-c5ccccc5)c5ccccc5c34)c2)cc1. The molecule has 0 atom stereocenters. The van der Waals surface area contributed by atoms with E-state index >= 15 is 0 Å². The Kier molecular flexibility index (Phi) is 9.97. The summed E-state index contributed by atoms with van der Waals surface area (Å²) in [5.74, 6) is 0. The highest BCUT2D eigenvalue weighted by Gasteiger charge is 2.23. The van der Waals surface area contributed by atoms with Crippen molar-refractivity contribution < 1.29 is 0 Å². The van der Waals surface area contributed by atoms with Gasteiger partial charge in [-0.2, -0.15) is 0 Å². The molecule has 0 spiro atoms. The minimum atomic E-state index is 1.08. The van der Waals surface area contributed by atoms with Gasteiger partial charge in [0.05, 0.1) is 5.69 Å². The third kappa shape index (κ3) is 7.06. The number of benzene rings is 11. The Balaban J connectivity index is 1.16. The molecule has 1 nitrogen and oxygen atoms in total. The Labute approximate surface area is 369 Å². The molecule has 0 unspecified atom stereocenters. The van der Waals surface area contributed by atoms with E-state index in [9.17, 15) is 0 Å². The van der Waals surface area contributed by atoms with Crippen LogP contribution in [0.3, 0.4) is 0 Å². The van der Waals surface area contributed by atoms with E-state index in [0.29, 0.717) is 0 Å². The van der Waals surface area contributed by atoms with Crippen LogP contribution in [0.25, 0.3) is 88.3 Å². The van der Waals surface area contributed by atoms with Crippen LogP contribution in [0.1, 0.15) is 0 Å². The Morgan fingerprint density at radius 1 is 0.222 bits per heavy atom. The van der Waals surface area contributed by atoms with Crippen molar-refractivity contribution in [3.63, 3.8) is 0 Å². The molecule has 0 aliphatic carbocycles. The fourth-order valence-electron chi connectivity index (χ4n) is 9.46. The lowest BCUT2D eigenvalue weighted by atomic mass is 9.84. The van der Waals surface area contributed by atoms with Crippen molar-refractivity contribution in [2.45, 2.75) is 0 Å². The zero-order chi connectivity index (χ0) is 42.0. The van der Waals surface area contributed by atoms with Gasteiger partial charge in [-0.25, -0.2) is 0 Å². The van der Waals surface area contributed by atoms with Crippen molar-refractivity contribution in [1.29, 1.82) is 0 Å². The quantitative estimate of drug-likeness (QED) is 0.131. The maximum atomic E-state index is 2.46. The number of nitrogens with zero attached hydrogens (tertiary/aromatic N) is 1. The summed E-state index contributed by atoms with van der Waals surface area (Å²) in [5, 5.41) is 4.86. The van der Waals surface area contributed by atoms with Gasteiger partial charge in [-0.3, -0.25) is 0 Å². The molecule has 296 valence electrons. The van der Waals surface area contributed by atoms with Crippen LogP contribution in [0.15, 0.2) is 261 Å². The van der Waals surface area contributed by atoms with Crippen LogP contribution < -0.4 is 4.90 Å². The highest BCUT2D eigenvalue weighted by Crippen LogP contribution is 2.50. The van der Waals surface area contributed by atoms with Crippen molar-refractivity contribution in [3.8, 4) is 66.8 Å². The average Bonchev–Trinajstić information content (AvgIpc) is 3.37. The number of anilines is 3. The van der Waals surface area contributed by atoms with Crippen molar-refractivity contribution in [2.75, 3.05) is 4.90 Å². The second-order valence-corrected chi connectivity index (χ2v) is 16.0. The number of hydrogen-bond donors (Lipinski definition) is 0. The van der Waals surface area contributed by atoms with Gasteiger partial charge in [-0.05, 0) is 113 Å². The molecule has 0 fully saturated rings. The van der Waals surface area contributed by atoms with Gasteiger partial charge in [0.15, 0.2) is 0 Å². The first-order valence-electron chi connectivity index (χ1n) is 21.7. The van der Waals surface area contributed by atoms with Gasteiger partial charge in [0.1, 0.15) is 0 Å². The summed E-state index contributed by atoms with van der Waals surface area (Å²) in [5.41, 5.74) is 17.7. The minimum absolute atomic E-state index is 1.08. The van der Waals surface area contributed by atoms with E-state index in [2.05, 4.69) is 266 Å². The molecule has 0 aliphatic rings. The highest BCUT2D eigenvalue weighted by molar-refractivity contribution is 6.25. The van der Waals surface area contributed by atoms with E-state index in [0.717, 1.165) is 22.6 Å². The molecule has 0 amide bonds. The Hall–Kier alpha value is -8.26. The molecular formula is C62H43N. The second kappa shape index (κ2) is 16.7. The smallest absolute Gasteiger partial charge is 0.0546 e. The van der Waals surface area contributed by atoms with Gasteiger partial charge < -0.3 is 4.90 Å². The summed E-state index contributed by atoms with van der Waals surface area (Å²) in [6, 6.07) is 94.6. The van der Waals surface area contributed by atoms with Crippen LogP contribution in [0.5, 0.6) is 0 Å². The van der Waals surface area contributed by atoms with Gasteiger partial charge in [0.2, 0.25) is 0 Å². The molecule has 1 heteroatoms. The van der Waals surface area contributed by atoms with E-state index in [1.807, 2.05) is 0 Å². The lowest BCUT2D eigenvalue weighted by Gasteiger charge is -2.29. The largest absolute Gasteiger partial charge is 0.310 e. The van der Waals surface area contributed by atoms with Crippen molar-refractivity contribution >= 4 is 38.6 Å². The Morgan fingerprint density at radius 2 is 0.635 bits per heavy atom. The predicted octanol–water partition coefficient (Wildman–Crippen LogP) is 17.5. The second-order valence-electron chi connectivity index (χ2n) is 16.0. The van der Waals surface area contributed by atoms with Gasteiger partial charge in [0.25, 0.3) is 0 Å². The number of fused-ring (bicyclic) bond motifs is 3. The van der Waals surface area contributed by atoms with Gasteiger partial charge in [0, 0.05) is 16.8 Å². The monoisotopic (exact) mass is 801 g/mol. The summed E-state index contributed by atoms with van der Waals surface area (Å²) < 4.78 is 0. The van der Waals surface area contributed by atoms with Crippen LogP contribution in [-0.4, -0.2) is 0 Å². The minimum Gasteiger partial charge on any atom is -0.310 e. The highest BCUT2D eigenvalue weighted by atomic mass is 15.1. The zero-order valence-electron chi connectivity index (χ0n) is 34.8. The van der Waals surface area contributed by atoms with Crippen LogP contribution in [0.4, 0.5) is 17.1 Å². The topological polar surface area (TPSA) is 3.24 Å². The number of rotatable bonds is 9. The van der Waals surface area contributed by atoms with Crippen LogP contribution in [0.2, 0.25) is 0 Å². The molecule has 0 bridgehead atoms. The van der Waals surface area contributed by atoms with E-state index in [4.69, 9.17) is 0 Å². The Morgan fingerprint density at radius 3 is 1.22 bits per heavy atom. The fourth-order valence-corrected chi connectivity index (χ4v) is 9.46. The first-order chi connectivity index (χ1) is 31.3. The molecule has 11 aromatic carbocycles. The first-order valence-corrected chi connectivity index (χ1v) is 21.7. The molecule has 0 saturated heterocycles. The van der Waals surface area contributed by atoms with E-state index < -0.39 is 0 Å². The molecule has 0 heterocycles. The maximum absolute atomic E-state index is 2.46.